The Hall–Kier alpha value is -1.46. The molecule has 2 rings (SSSR count). The lowest BCUT2D eigenvalue weighted by molar-refractivity contribution is 0.304. The third-order valence-electron chi connectivity index (χ3n) is 2.90. The fraction of sp³-hybridized carbons (Fsp3) is 0.312. The van der Waals surface area contributed by atoms with Crippen LogP contribution in [-0.2, 0) is 13.2 Å². The highest BCUT2D eigenvalue weighted by molar-refractivity contribution is 9.10. The lowest BCUT2D eigenvalue weighted by Crippen LogP contribution is -2.22. The highest BCUT2D eigenvalue weighted by Crippen LogP contribution is 2.20. The molecule has 0 aliphatic heterocycles. The Morgan fingerprint density at radius 1 is 1.29 bits per heavy atom. The van der Waals surface area contributed by atoms with Gasteiger partial charge in [0.05, 0.1) is 11.9 Å². The third kappa shape index (κ3) is 5.10. The molecule has 0 radical (unpaired) electrons. The third-order valence-corrected chi connectivity index (χ3v) is 3.64. The van der Waals surface area contributed by atoms with Crippen LogP contribution in [0.4, 0.5) is 4.39 Å². The summed E-state index contributed by atoms with van der Waals surface area (Å²) in [6.07, 6.45) is 1.70. The van der Waals surface area contributed by atoms with E-state index in [1.807, 2.05) is 12.1 Å². The maximum absolute atomic E-state index is 13.0. The Bertz CT molecular complexity index is 587. The monoisotopic (exact) mass is 352 g/mol. The Balaban J connectivity index is 1.91. The first-order chi connectivity index (χ1) is 10.0. The van der Waals surface area contributed by atoms with E-state index in [2.05, 4.69) is 40.1 Å². The highest BCUT2D eigenvalue weighted by Gasteiger charge is 2.03. The van der Waals surface area contributed by atoms with E-state index in [4.69, 9.17) is 4.74 Å². The van der Waals surface area contributed by atoms with E-state index >= 15 is 0 Å². The SMILES string of the molecule is CC(C)NCc1ccc(OCc2ccc(F)cc2Br)cn1. The molecule has 2 aromatic rings. The summed E-state index contributed by atoms with van der Waals surface area (Å²) >= 11 is 3.32. The molecular weight excluding hydrogens is 335 g/mol. The van der Waals surface area contributed by atoms with Gasteiger partial charge in [0, 0.05) is 22.6 Å². The predicted octanol–water partition coefficient (Wildman–Crippen LogP) is 4.06. The van der Waals surface area contributed by atoms with Crippen LogP contribution in [-0.4, -0.2) is 11.0 Å². The van der Waals surface area contributed by atoms with Crippen molar-refractivity contribution in [3.05, 3.63) is 58.1 Å². The zero-order chi connectivity index (χ0) is 15.2. The Morgan fingerprint density at radius 3 is 2.71 bits per heavy atom. The Kier molecular flexibility index (Phi) is 5.70. The maximum Gasteiger partial charge on any atom is 0.138 e. The van der Waals surface area contributed by atoms with Gasteiger partial charge in [-0.2, -0.15) is 0 Å². The quantitative estimate of drug-likeness (QED) is 0.851. The second kappa shape index (κ2) is 7.52. The van der Waals surface area contributed by atoms with Gasteiger partial charge in [0.1, 0.15) is 18.2 Å². The summed E-state index contributed by atoms with van der Waals surface area (Å²) in [5.74, 6) is 0.425. The first-order valence-electron chi connectivity index (χ1n) is 6.79. The number of aromatic nitrogens is 1. The molecule has 0 atom stereocenters. The highest BCUT2D eigenvalue weighted by atomic mass is 79.9. The zero-order valence-corrected chi connectivity index (χ0v) is 13.7. The number of benzene rings is 1. The molecule has 1 heterocycles. The van der Waals surface area contributed by atoms with Crippen molar-refractivity contribution in [2.45, 2.75) is 33.0 Å². The zero-order valence-electron chi connectivity index (χ0n) is 12.1. The molecule has 1 aromatic heterocycles. The minimum Gasteiger partial charge on any atom is -0.487 e. The number of hydrogen-bond donors (Lipinski definition) is 1. The van der Waals surface area contributed by atoms with E-state index < -0.39 is 0 Å². The number of hydrogen-bond acceptors (Lipinski definition) is 3. The summed E-state index contributed by atoms with van der Waals surface area (Å²) in [7, 11) is 0. The van der Waals surface area contributed by atoms with E-state index in [1.54, 1.807) is 12.3 Å². The Labute approximate surface area is 132 Å². The molecule has 0 bridgehead atoms. The lowest BCUT2D eigenvalue weighted by atomic mass is 10.2. The Morgan fingerprint density at radius 2 is 2.10 bits per heavy atom. The molecule has 1 N–H and O–H groups in total. The van der Waals surface area contributed by atoms with Gasteiger partial charge in [-0.1, -0.05) is 35.8 Å². The molecule has 1 aromatic carbocycles. The largest absolute Gasteiger partial charge is 0.487 e. The molecule has 0 aliphatic rings. The number of pyridine rings is 1. The van der Waals surface area contributed by atoms with Crippen LogP contribution in [0.15, 0.2) is 41.0 Å². The van der Waals surface area contributed by atoms with Gasteiger partial charge >= 0.3 is 0 Å². The number of ether oxygens (including phenoxy) is 1. The van der Waals surface area contributed by atoms with Crippen molar-refractivity contribution in [2.75, 3.05) is 0 Å². The van der Waals surface area contributed by atoms with Crippen molar-refractivity contribution in [1.29, 1.82) is 0 Å². The summed E-state index contributed by atoms with van der Waals surface area (Å²) in [6, 6.07) is 8.80. The molecule has 21 heavy (non-hydrogen) atoms. The standard InChI is InChI=1S/C16H18BrFN2O/c1-11(2)19-8-14-5-6-15(9-20-14)21-10-12-3-4-13(18)7-16(12)17/h3-7,9,11,19H,8,10H2,1-2H3. The molecule has 0 saturated heterocycles. The van der Waals surface area contributed by atoms with Crippen LogP contribution in [0, 0.1) is 5.82 Å². The predicted molar refractivity (Wildman–Crippen MR) is 84.6 cm³/mol. The fourth-order valence-corrected chi connectivity index (χ4v) is 2.17. The van der Waals surface area contributed by atoms with Crippen molar-refractivity contribution < 1.29 is 9.13 Å². The number of rotatable bonds is 6. The normalized spacial score (nSPS) is 10.9. The first kappa shape index (κ1) is 15.9. The van der Waals surface area contributed by atoms with E-state index in [9.17, 15) is 4.39 Å². The molecule has 5 heteroatoms. The molecule has 112 valence electrons. The van der Waals surface area contributed by atoms with Crippen LogP contribution in [0.3, 0.4) is 0 Å². The average molecular weight is 353 g/mol. The van der Waals surface area contributed by atoms with Crippen LogP contribution in [0.1, 0.15) is 25.1 Å². The van der Waals surface area contributed by atoms with Crippen molar-refractivity contribution in [1.82, 2.24) is 10.3 Å². The maximum atomic E-state index is 13.0. The fourth-order valence-electron chi connectivity index (χ4n) is 1.71. The number of nitrogens with zero attached hydrogens (tertiary/aromatic N) is 1. The molecule has 0 aliphatic carbocycles. The van der Waals surface area contributed by atoms with E-state index in [-0.39, 0.29) is 5.82 Å². The van der Waals surface area contributed by atoms with Gasteiger partial charge in [0.15, 0.2) is 0 Å². The number of nitrogens with one attached hydrogen (secondary N) is 1. The average Bonchev–Trinajstić information content (AvgIpc) is 2.45. The van der Waals surface area contributed by atoms with Crippen molar-refractivity contribution in [2.24, 2.45) is 0 Å². The van der Waals surface area contributed by atoms with Gasteiger partial charge in [-0.3, -0.25) is 4.98 Å². The molecule has 0 spiro atoms. The van der Waals surface area contributed by atoms with Crippen LogP contribution in [0.5, 0.6) is 5.75 Å². The minimum absolute atomic E-state index is 0.269. The molecule has 0 saturated carbocycles. The van der Waals surface area contributed by atoms with Gasteiger partial charge in [-0.15, -0.1) is 0 Å². The van der Waals surface area contributed by atoms with Crippen LogP contribution >= 0.6 is 15.9 Å². The minimum atomic E-state index is -0.269. The number of halogens is 2. The summed E-state index contributed by atoms with van der Waals surface area (Å²) in [5.41, 5.74) is 1.86. The smallest absolute Gasteiger partial charge is 0.138 e. The summed E-state index contributed by atoms with van der Waals surface area (Å²) in [5, 5.41) is 3.31. The summed E-state index contributed by atoms with van der Waals surface area (Å²) in [6.45, 7) is 5.30. The molecule has 0 fully saturated rings. The van der Waals surface area contributed by atoms with Crippen LogP contribution in [0.25, 0.3) is 0 Å². The molecule has 3 nitrogen and oxygen atoms in total. The van der Waals surface area contributed by atoms with Crippen LogP contribution < -0.4 is 10.1 Å². The van der Waals surface area contributed by atoms with Gasteiger partial charge in [-0.05, 0) is 24.3 Å². The van der Waals surface area contributed by atoms with E-state index in [0.717, 1.165) is 17.8 Å². The molecule has 0 amide bonds. The van der Waals surface area contributed by atoms with E-state index in [1.165, 1.54) is 12.1 Å². The topological polar surface area (TPSA) is 34.1 Å². The summed E-state index contributed by atoms with van der Waals surface area (Å²) in [4.78, 5) is 4.34. The molecule has 0 unspecified atom stereocenters. The second-order valence-electron chi connectivity index (χ2n) is 5.05. The van der Waals surface area contributed by atoms with E-state index in [0.29, 0.717) is 22.9 Å². The summed E-state index contributed by atoms with van der Waals surface area (Å²) < 4.78 is 19.4. The molecular formula is C16H18BrFN2O. The van der Waals surface area contributed by atoms with Gasteiger partial charge in [0.2, 0.25) is 0 Å². The van der Waals surface area contributed by atoms with Crippen molar-refractivity contribution >= 4 is 15.9 Å². The van der Waals surface area contributed by atoms with Crippen molar-refractivity contribution in [3.8, 4) is 5.75 Å². The lowest BCUT2D eigenvalue weighted by Gasteiger charge is -2.10. The van der Waals surface area contributed by atoms with Gasteiger partial charge in [0.25, 0.3) is 0 Å². The second-order valence-corrected chi connectivity index (χ2v) is 5.90. The van der Waals surface area contributed by atoms with Gasteiger partial charge in [-0.25, -0.2) is 4.39 Å². The van der Waals surface area contributed by atoms with Crippen molar-refractivity contribution in [3.63, 3.8) is 0 Å². The van der Waals surface area contributed by atoms with Crippen LogP contribution in [0.2, 0.25) is 0 Å². The first-order valence-corrected chi connectivity index (χ1v) is 7.59. The van der Waals surface area contributed by atoms with Gasteiger partial charge < -0.3 is 10.1 Å².